The highest BCUT2D eigenvalue weighted by atomic mass is 79.9. The molecule has 0 unspecified atom stereocenters. The molecule has 3 nitrogen and oxygen atoms in total. The highest BCUT2D eigenvalue weighted by Gasteiger charge is 2.14. The van der Waals surface area contributed by atoms with Crippen LogP contribution in [0.5, 0.6) is 0 Å². The number of nitrogens with zero attached hydrogens (tertiary/aromatic N) is 2. The Balaban J connectivity index is 2.22. The summed E-state index contributed by atoms with van der Waals surface area (Å²) in [6, 6.07) is 4.27. The molecule has 21 heavy (non-hydrogen) atoms. The van der Waals surface area contributed by atoms with E-state index in [1.807, 2.05) is 4.68 Å². The number of rotatable bonds is 5. The van der Waals surface area contributed by atoms with Crippen molar-refractivity contribution in [3.8, 4) is 0 Å². The fourth-order valence-electron chi connectivity index (χ4n) is 2.42. The van der Waals surface area contributed by atoms with Crippen LogP contribution in [0.25, 0.3) is 0 Å². The zero-order valence-electron chi connectivity index (χ0n) is 12.9. The Kier molecular flexibility index (Phi) is 5.33. The fraction of sp³-hybridized carbons (Fsp3) is 0.438. The summed E-state index contributed by atoms with van der Waals surface area (Å²) in [7, 11) is 0. The second kappa shape index (κ2) is 6.84. The van der Waals surface area contributed by atoms with E-state index in [1.165, 1.54) is 11.1 Å². The van der Waals surface area contributed by atoms with Crippen molar-refractivity contribution in [2.24, 2.45) is 0 Å². The zero-order chi connectivity index (χ0) is 15.6. The van der Waals surface area contributed by atoms with E-state index in [4.69, 9.17) is 11.6 Å². The van der Waals surface area contributed by atoms with Crippen LogP contribution in [0, 0.1) is 13.8 Å². The minimum absolute atomic E-state index is 0.681. The lowest BCUT2D eigenvalue weighted by Gasteiger charge is -2.12. The van der Waals surface area contributed by atoms with Gasteiger partial charge in [0.05, 0.1) is 23.0 Å². The SMILES string of the molecule is CCc1nn(CC)c(CNc2cc(C)c(Br)c(C)c2)c1Cl. The van der Waals surface area contributed by atoms with Crippen LogP contribution in [0.4, 0.5) is 5.69 Å². The highest BCUT2D eigenvalue weighted by molar-refractivity contribution is 9.10. The molecule has 1 aromatic carbocycles. The normalized spacial score (nSPS) is 11.0. The van der Waals surface area contributed by atoms with Crippen molar-refractivity contribution < 1.29 is 0 Å². The molecule has 2 rings (SSSR count). The van der Waals surface area contributed by atoms with Crippen molar-refractivity contribution in [1.82, 2.24) is 9.78 Å². The average molecular weight is 371 g/mol. The van der Waals surface area contributed by atoms with Gasteiger partial charge in [-0.2, -0.15) is 5.10 Å². The first-order valence-electron chi connectivity index (χ1n) is 7.22. The second-order valence-electron chi connectivity index (χ2n) is 5.15. The van der Waals surface area contributed by atoms with E-state index in [0.29, 0.717) is 6.54 Å². The van der Waals surface area contributed by atoms with E-state index >= 15 is 0 Å². The standard InChI is InChI=1S/C16H21BrClN3/c1-5-13-16(18)14(21(6-2)20-13)9-19-12-7-10(3)15(17)11(4)8-12/h7-8,19H,5-6,9H2,1-4H3. The van der Waals surface area contributed by atoms with E-state index in [2.05, 4.69) is 66.2 Å². The molecule has 0 aliphatic heterocycles. The number of benzene rings is 1. The first kappa shape index (κ1) is 16.4. The molecule has 0 saturated carbocycles. The minimum atomic E-state index is 0.681. The smallest absolute Gasteiger partial charge is 0.0868 e. The molecule has 5 heteroatoms. The maximum atomic E-state index is 6.43. The third-order valence-corrected chi connectivity index (χ3v) is 5.28. The van der Waals surface area contributed by atoms with E-state index in [0.717, 1.165) is 39.5 Å². The van der Waals surface area contributed by atoms with Crippen molar-refractivity contribution >= 4 is 33.2 Å². The van der Waals surface area contributed by atoms with Gasteiger partial charge in [-0.1, -0.05) is 34.5 Å². The van der Waals surface area contributed by atoms with Crippen LogP contribution in [0.3, 0.4) is 0 Å². The van der Waals surface area contributed by atoms with Crippen LogP contribution < -0.4 is 5.32 Å². The molecule has 0 aliphatic rings. The van der Waals surface area contributed by atoms with E-state index in [1.54, 1.807) is 0 Å². The van der Waals surface area contributed by atoms with Crippen molar-refractivity contribution in [3.63, 3.8) is 0 Å². The number of halogens is 2. The van der Waals surface area contributed by atoms with Crippen molar-refractivity contribution in [2.75, 3.05) is 5.32 Å². The minimum Gasteiger partial charge on any atom is -0.379 e. The maximum Gasteiger partial charge on any atom is 0.0868 e. The summed E-state index contributed by atoms with van der Waals surface area (Å²) < 4.78 is 3.14. The molecule has 1 heterocycles. The number of hydrogen-bond donors (Lipinski definition) is 1. The molecule has 0 radical (unpaired) electrons. The van der Waals surface area contributed by atoms with Crippen LogP contribution in [-0.2, 0) is 19.5 Å². The summed E-state index contributed by atoms with van der Waals surface area (Å²) in [6.07, 6.45) is 0.856. The number of nitrogens with one attached hydrogen (secondary N) is 1. The molecule has 0 saturated heterocycles. The summed E-state index contributed by atoms with van der Waals surface area (Å²) >= 11 is 10.0. The van der Waals surface area contributed by atoms with Gasteiger partial charge >= 0.3 is 0 Å². The number of anilines is 1. The molecular formula is C16H21BrClN3. The van der Waals surface area contributed by atoms with E-state index in [9.17, 15) is 0 Å². The lowest BCUT2D eigenvalue weighted by atomic mass is 10.1. The maximum absolute atomic E-state index is 6.43. The largest absolute Gasteiger partial charge is 0.379 e. The molecule has 0 fully saturated rings. The van der Waals surface area contributed by atoms with E-state index in [-0.39, 0.29) is 0 Å². The molecule has 2 aromatic rings. The summed E-state index contributed by atoms with van der Waals surface area (Å²) in [5, 5.41) is 8.79. The molecule has 1 N–H and O–H groups in total. The van der Waals surface area contributed by atoms with Gasteiger partial charge in [0.25, 0.3) is 0 Å². The van der Waals surface area contributed by atoms with Gasteiger partial charge in [-0.25, -0.2) is 0 Å². The number of aromatic nitrogens is 2. The lowest BCUT2D eigenvalue weighted by Crippen LogP contribution is -2.08. The van der Waals surface area contributed by atoms with Gasteiger partial charge in [-0.3, -0.25) is 4.68 Å². The predicted octanol–water partition coefficient (Wildman–Crippen LogP) is 5.11. The van der Waals surface area contributed by atoms with Gasteiger partial charge in [0.1, 0.15) is 0 Å². The van der Waals surface area contributed by atoms with E-state index < -0.39 is 0 Å². The average Bonchev–Trinajstić information content (AvgIpc) is 2.78. The molecule has 0 aliphatic carbocycles. The monoisotopic (exact) mass is 369 g/mol. The second-order valence-corrected chi connectivity index (χ2v) is 6.33. The molecule has 114 valence electrons. The highest BCUT2D eigenvalue weighted by Crippen LogP contribution is 2.27. The Morgan fingerprint density at radius 1 is 1.24 bits per heavy atom. The molecule has 0 amide bonds. The Morgan fingerprint density at radius 3 is 2.38 bits per heavy atom. The topological polar surface area (TPSA) is 29.9 Å². The van der Waals surface area contributed by atoms with Crippen LogP contribution in [0.1, 0.15) is 36.4 Å². The van der Waals surface area contributed by atoms with Gasteiger partial charge < -0.3 is 5.32 Å². The molecular weight excluding hydrogens is 350 g/mol. The third-order valence-electron chi connectivity index (χ3n) is 3.59. The van der Waals surface area contributed by atoms with Crippen LogP contribution in [0.2, 0.25) is 5.02 Å². The van der Waals surface area contributed by atoms with Crippen molar-refractivity contribution in [1.29, 1.82) is 0 Å². The Hall–Kier alpha value is -1.000. The van der Waals surface area contributed by atoms with Crippen LogP contribution in [-0.4, -0.2) is 9.78 Å². The predicted molar refractivity (Wildman–Crippen MR) is 93.2 cm³/mol. The van der Waals surface area contributed by atoms with Crippen molar-refractivity contribution in [2.45, 2.75) is 47.2 Å². The van der Waals surface area contributed by atoms with Crippen LogP contribution in [0.15, 0.2) is 16.6 Å². The first-order chi connectivity index (χ1) is 9.97. The van der Waals surface area contributed by atoms with Gasteiger partial charge in [0.15, 0.2) is 0 Å². The molecule has 0 bridgehead atoms. The van der Waals surface area contributed by atoms with Crippen LogP contribution >= 0.6 is 27.5 Å². The Morgan fingerprint density at radius 2 is 1.86 bits per heavy atom. The summed E-state index contributed by atoms with van der Waals surface area (Å²) in [5.74, 6) is 0. The fourth-order valence-corrected chi connectivity index (χ4v) is 2.98. The Labute approximate surface area is 139 Å². The summed E-state index contributed by atoms with van der Waals surface area (Å²) in [6.45, 7) is 9.86. The quantitative estimate of drug-likeness (QED) is 0.792. The third kappa shape index (κ3) is 3.43. The summed E-state index contributed by atoms with van der Waals surface area (Å²) in [4.78, 5) is 0. The number of hydrogen-bond acceptors (Lipinski definition) is 2. The van der Waals surface area contributed by atoms with Gasteiger partial charge in [-0.15, -0.1) is 0 Å². The van der Waals surface area contributed by atoms with Gasteiger partial charge in [0, 0.05) is 16.7 Å². The number of aryl methyl sites for hydroxylation is 4. The molecule has 0 atom stereocenters. The van der Waals surface area contributed by atoms with Gasteiger partial charge in [-0.05, 0) is 50.5 Å². The van der Waals surface area contributed by atoms with Gasteiger partial charge in [0.2, 0.25) is 0 Å². The summed E-state index contributed by atoms with van der Waals surface area (Å²) in [5.41, 5.74) is 5.57. The lowest BCUT2D eigenvalue weighted by molar-refractivity contribution is 0.619. The molecule has 1 aromatic heterocycles. The zero-order valence-corrected chi connectivity index (χ0v) is 15.3. The van der Waals surface area contributed by atoms with Crippen molar-refractivity contribution in [3.05, 3.63) is 44.1 Å². The Bertz CT molecular complexity index is 626. The first-order valence-corrected chi connectivity index (χ1v) is 8.39. The molecule has 0 spiro atoms.